The monoisotopic (exact) mass is 759 g/mol. The van der Waals surface area contributed by atoms with Gasteiger partial charge in [0.05, 0.1) is 6.61 Å². The topological polar surface area (TPSA) is 119 Å². The van der Waals surface area contributed by atoms with E-state index in [4.69, 9.17) is 19.3 Å². The Morgan fingerprint density at radius 3 is 1.17 bits per heavy atom. The van der Waals surface area contributed by atoms with Gasteiger partial charge in [-0.25, -0.2) is 4.57 Å². The predicted octanol–water partition coefficient (Wildman–Crippen LogP) is 13.4. The summed E-state index contributed by atoms with van der Waals surface area (Å²) >= 11 is 0. The van der Waals surface area contributed by atoms with E-state index in [0.717, 1.165) is 44.9 Å². The van der Waals surface area contributed by atoms with Gasteiger partial charge in [0.2, 0.25) is 0 Å². The lowest BCUT2D eigenvalue weighted by Gasteiger charge is -2.18. The largest absolute Gasteiger partial charge is 0.469 e. The highest BCUT2D eigenvalue weighted by Gasteiger charge is 2.22. The van der Waals surface area contributed by atoms with E-state index >= 15 is 0 Å². The summed E-state index contributed by atoms with van der Waals surface area (Å²) in [5, 5.41) is 0. The fourth-order valence-electron chi connectivity index (χ4n) is 6.49. The zero-order valence-electron chi connectivity index (χ0n) is 34.0. The molecule has 0 aromatic carbocycles. The number of esters is 2. The molecule has 8 nitrogen and oxygen atoms in total. The van der Waals surface area contributed by atoms with Crippen molar-refractivity contribution in [3.8, 4) is 0 Å². The lowest BCUT2D eigenvalue weighted by molar-refractivity contribution is -0.161. The van der Waals surface area contributed by atoms with Crippen LogP contribution in [0.25, 0.3) is 0 Å². The molecule has 0 aliphatic rings. The number of unbranched alkanes of at least 4 members (excludes halogenated alkanes) is 29. The van der Waals surface area contributed by atoms with Crippen LogP contribution in [0.3, 0.4) is 0 Å². The second-order valence-electron chi connectivity index (χ2n) is 15.0. The van der Waals surface area contributed by atoms with E-state index in [-0.39, 0.29) is 19.4 Å². The van der Waals surface area contributed by atoms with Crippen molar-refractivity contribution >= 4 is 19.8 Å². The van der Waals surface area contributed by atoms with Crippen molar-refractivity contribution in [2.24, 2.45) is 0 Å². The molecule has 2 N–H and O–H groups in total. The molecule has 0 rings (SSSR count). The molecule has 0 unspecified atom stereocenters. The summed E-state index contributed by atoms with van der Waals surface area (Å²) in [6.45, 7) is 3.71. The van der Waals surface area contributed by atoms with Crippen LogP contribution in [0, 0.1) is 0 Å². The van der Waals surface area contributed by atoms with Gasteiger partial charge in [0.15, 0.2) is 6.10 Å². The van der Waals surface area contributed by atoms with Gasteiger partial charge in [-0.15, -0.1) is 0 Å². The van der Waals surface area contributed by atoms with Gasteiger partial charge in [-0.3, -0.25) is 14.1 Å². The van der Waals surface area contributed by atoms with E-state index < -0.39 is 32.5 Å². The average molecular weight is 759 g/mol. The van der Waals surface area contributed by atoms with Gasteiger partial charge in [0.1, 0.15) is 6.61 Å². The molecule has 0 aliphatic carbocycles. The fourth-order valence-corrected chi connectivity index (χ4v) is 6.85. The molecule has 1 atom stereocenters. The molecule has 0 heterocycles. The molecular weight excluding hydrogens is 675 g/mol. The maximum atomic E-state index is 12.4. The van der Waals surface area contributed by atoms with Crippen LogP contribution in [0.15, 0.2) is 12.2 Å². The minimum atomic E-state index is -4.75. The third kappa shape index (κ3) is 41.5. The summed E-state index contributed by atoms with van der Waals surface area (Å²) in [7, 11) is -4.75. The molecule has 0 radical (unpaired) electrons. The van der Waals surface area contributed by atoms with Crippen LogP contribution in [0.4, 0.5) is 0 Å². The van der Waals surface area contributed by atoms with E-state index in [9.17, 15) is 14.2 Å². The highest BCUT2D eigenvalue weighted by Crippen LogP contribution is 2.36. The fraction of sp³-hybridized carbons (Fsp3) is 0.907. The maximum absolute atomic E-state index is 12.4. The SMILES string of the molecule is CCCCCCCCCC/C=C\CCCCCCCCCC(=O)O[C@H](COC(=O)CCCCCCCCCCCCCCCCC)COP(=O)(O)O. The Kier molecular flexibility index (Phi) is 38.6. The molecule has 308 valence electrons. The van der Waals surface area contributed by atoms with Crippen LogP contribution in [-0.4, -0.2) is 41.0 Å². The van der Waals surface area contributed by atoms with Crippen molar-refractivity contribution in [1.82, 2.24) is 0 Å². The van der Waals surface area contributed by atoms with Crippen LogP contribution in [-0.2, 0) is 28.2 Å². The molecule has 9 heteroatoms. The number of phosphoric ester groups is 1. The average Bonchev–Trinajstić information content (AvgIpc) is 3.11. The molecule has 0 amide bonds. The van der Waals surface area contributed by atoms with Crippen molar-refractivity contribution in [2.75, 3.05) is 13.2 Å². The lowest BCUT2D eigenvalue weighted by atomic mass is 10.0. The van der Waals surface area contributed by atoms with E-state index in [1.165, 1.54) is 154 Å². The lowest BCUT2D eigenvalue weighted by Crippen LogP contribution is -2.29. The molecule has 52 heavy (non-hydrogen) atoms. The number of hydrogen-bond acceptors (Lipinski definition) is 6. The van der Waals surface area contributed by atoms with Crippen molar-refractivity contribution < 1.29 is 37.9 Å². The third-order valence-electron chi connectivity index (χ3n) is 9.78. The standard InChI is InChI=1S/C43H83O8P/c1-3-5-7-9-11-13-15-17-19-20-21-22-24-26-28-30-32-34-36-38-43(45)51-41(40-50-52(46,47)48)39-49-42(44)37-35-33-31-29-27-25-23-18-16-14-12-10-8-6-4-2/h20-21,41H,3-19,22-40H2,1-2H3,(H2,46,47,48)/b21-20-/t41-/m1/s1. The number of allylic oxidation sites excluding steroid dienone is 2. The van der Waals surface area contributed by atoms with Crippen LogP contribution in [0.2, 0.25) is 0 Å². The molecule has 0 bridgehead atoms. The van der Waals surface area contributed by atoms with Crippen LogP contribution < -0.4 is 0 Å². The van der Waals surface area contributed by atoms with E-state index in [1.54, 1.807) is 0 Å². The number of carbonyl (C=O) groups excluding carboxylic acids is 2. The van der Waals surface area contributed by atoms with Gasteiger partial charge in [0.25, 0.3) is 0 Å². The zero-order chi connectivity index (χ0) is 38.2. The summed E-state index contributed by atoms with van der Waals surface area (Å²) in [5.41, 5.74) is 0. The molecule has 0 saturated heterocycles. The highest BCUT2D eigenvalue weighted by molar-refractivity contribution is 7.46. The van der Waals surface area contributed by atoms with Crippen molar-refractivity contribution in [3.63, 3.8) is 0 Å². The second-order valence-corrected chi connectivity index (χ2v) is 16.3. The zero-order valence-corrected chi connectivity index (χ0v) is 34.9. The molecule has 0 fully saturated rings. The maximum Gasteiger partial charge on any atom is 0.469 e. The smallest absolute Gasteiger partial charge is 0.462 e. The number of phosphoric acid groups is 1. The van der Waals surface area contributed by atoms with Gasteiger partial charge in [-0.1, -0.05) is 193 Å². The van der Waals surface area contributed by atoms with Crippen molar-refractivity contribution in [2.45, 2.75) is 238 Å². The minimum absolute atomic E-state index is 0.211. The third-order valence-corrected chi connectivity index (χ3v) is 10.3. The Morgan fingerprint density at radius 2 is 0.808 bits per heavy atom. The first-order valence-corrected chi connectivity index (χ1v) is 23.5. The van der Waals surface area contributed by atoms with Gasteiger partial charge >= 0.3 is 19.8 Å². The Balaban J connectivity index is 3.86. The molecule has 0 aromatic heterocycles. The molecule has 0 saturated carbocycles. The first-order valence-electron chi connectivity index (χ1n) is 22.0. The van der Waals surface area contributed by atoms with Crippen LogP contribution in [0.1, 0.15) is 232 Å². The van der Waals surface area contributed by atoms with Gasteiger partial charge in [-0.05, 0) is 38.5 Å². The highest BCUT2D eigenvalue weighted by atomic mass is 31.2. The van der Waals surface area contributed by atoms with Gasteiger partial charge in [0, 0.05) is 12.8 Å². The number of rotatable bonds is 41. The first kappa shape index (κ1) is 50.8. The number of carbonyl (C=O) groups is 2. The first-order chi connectivity index (χ1) is 25.3. The molecular formula is C43H83O8P. The van der Waals surface area contributed by atoms with Crippen molar-refractivity contribution in [3.05, 3.63) is 12.2 Å². The summed E-state index contributed by atoms with van der Waals surface area (Å²) in [4.78, 5) is 42.9. The molecule has 0 aromatic rings. The Labute approximate surface area is 320 Å². The van der Waals surface area contributed by atoms with Crippen LogP contribution >= 0.6 is 7.82 Å². The number of ether oxygens (including phenoxy) is 2. The minimum Gasteiger partial charge on any atom is -0.462 e. The quantitative estimate of drug-likeness (QED) is 0.0274. The summed E-state index contributed by atoms with van der Waals surface area (Å²) in [6.07, 6.45) is 43.6. The predicted molar refractivity (Wildman–Crippen MR) is 216 cm³/mol. The molecule has 0 spiro atoms. The Morgan fingerprint density at radius 1 is 0.481 bits per heavy atom. The Bertz CT molecular complexity index is 858. The summed E-state index contributed by atoms with van der Waals surface area (Å²) in [6, 6.07) is 0. The van der Waals surface area contributed by atoms with E-state index in [1.807, 2.05) is 0 Å². The van der Waals surface area contributed by atoms with Gasteiger partial charge in [-0.2, -0.15) is 0 Å². The second kappa shape index (κ2) is 39.5. The van der Waals surface area contributed by atoms with Crippen molar-refractivity contribution in [1.29, 1.82) is 0 Å². The number of hydrogen-bond donors (Lipinski definition) is 2. The van der Waals surface area contributed by atoms with E-state index in [2.05, 4.69) is 30.5 Å². The normalized spacial score (nSPS) is 12.5. The summed E-state index contributed by atoms with van der Waals surface area (Å²) < 4.78 is 26.4. The summed E-state index contributed by atoms with van der Waals surface area (Å²) in [5.74, 6) is -0.877. The van der Waals surface area contributed by atoms with E-state index in [0.29, 0.717) is 6.42 Å². The van der Waals surface area contributed by atoms with Gasteiger partial charge < -0.3 is 19.3 Å². The molecule has 0 aliphatic heterocycles. The Hall–Kier alpha value is -1.21. The van der Waals surface area contributed by atoms with Crippen LogP contribution in [0.5, 0.6) is 0 Å².